The molecule has 0 unspecified atom stereocenters. The van der Waals surface area contributed by atoms with E-state index in [1.54, 1.807) is 0 Å². The smallest absolute Gasteiger partial charge is 0.283 e. The highest BCUT2D eigenvalue weighted by Crippen LogP contribution is 1.97. The SMILES string of the molecule is CB1NB(C)N(C)BN1C. The Hall–Kier alpha value is 0.0748. The molecule has 0 aromatic carbocycles. The summed E-state index contributed by atoms with van der Waals surface area (Å²) in [6, 6.07) is 0. The number of hydrogen-bond acceptors (Lipinski definition) is 3. The van der Waals surface area contributed by atoms with Crippen molar-refractivity contribution in [3.63, 3.8) is 0 Å². The first kappa shape index (κ1) is 8.17. The van der Waals surface area contributed by atoms with Crippen molar-refractivity contribution >= 4 is 21.5 Å². The third-order valence-corrected chi connectivity index (χ3v) is 2.25. The molecule has 54 valence electrons. The minimum atomic E-state index is 0.506. The molecule has 0 aromatic heterocycles. The van der Waals surface area contributed by atoms with Crippen LogP contribution in [-0.2, 0) is 0 Å². The van der Waals surface area contributed by atoms with Crippen LogP contribution in [0.5, 0.6) is 0 Å². The third-order valence-electron chi connectivity index (χ3n) is 2.25. The predicted molar refractivity (Wildman–Crippen MR) is 49.0 cm³/mol. The van der Waals surface area contributed by atoms with Crippen LogP contribution in [0.15, 0.2) is 0 Å². The average molecular weight is 137 g/mol. The molecule has 0 spiro atoms. The first-order valence-electron chi connectivity index (χ1n) is 3.78. The van der Waals surface area contributed by atoms with Crippen molar-refractivity contribution in [2.24, 2.45) is 0 Å². The molecule has 1 heterocycles. The maximum absolute atomic E-state index is 3.43. The number of hydrogen-bond donors (Lipinski definition) is 1. The van der Waals surface area contributed by atoms with Crippen LogP contribution in [0, 0.1) is 0 Å². The summed E-state index contributed by atoms with van der Waals surface area (Å²) < 4.78 is 4.56. The molecule has 6 heteroatoms. The lowest BCUT2D eigenvalue weighted by atomic mass is 9.55. The Morgan fingerprint density at radius 2 is 1.50 bits per heavy atom. The van der Waals surface area contributed by atoms with Crippen LogP contribution in [0.1, 0.15) is 0 Å². The van der Waals surface area contributed by atoms with Gasteiger partial charge in [0.25, 0.3) is 21.5 Å². The van der Waals surface area contributed by atoms with Gasteiger partial charge in [-0.3, -0.25) is 0 Å². The molecule has 1 aliphatic rings. The minimum absolute atomic E-state index is 0.506. The van der Waals surface area contributed by atoms with E-state index >= 15 is 0 Å². The van der Waals surface area contributed by atoms with Gasteiger partial charge in [-0.05, 0) is 14.1 Å². The average Bonchev–Trinajstić information content (AvgIpc) is 1.84. The highest BCUT2D eigenvalue weighted by atomic mass is 15.2. The molecule has 1 saturated heterocycles. The van der Waals surface area contributed by atoms with Crippen LogP contribution in [0.2, 0.25) is 13.6 Å². The summed E-state index contributed by atoms with van der Waals surface area (Å²) in [6.07, 6.45) is 0. The summed E-state index contributed by atoms with van der Waals surface area (Å²) in [4.78, 5) is 0. The summed E-state index contributed by atoms with van der Waals surface area (Å²) in [5.41, 5.74) is 0. The van der Waals surface area contributed by atoms with E-state index in [1.807, 2.05) is 0 Å². The molecule has 1 fully saturated rings. The van der Waals surface area contributed by atoms with Gasteiger partial charge >= 0.3 is 0 Å². The van der Waals surface area contributed by atoms with E-state index in [0.29, 0.717) is 14.0 Å². The molecule has 0 bridgehead atoms. The zero-order valence-electron chi connectivity index (χ0n) is 7.26. The van der Waals surface area contributed by atoms with Gasteiger partial charge in [0.15, 0.2) is 0 Å². The Kier molecular flexibility index (Phi) is 2.44. The molecule has 0 aliphatic carbocycles. The van der Waals surface area contributed by atoms with Crippen molar-refractivity contribution in [1.29, 1.82) is 0 Å². The molecule has 1 rings (SSSR count). The fourth-order valence-corrected chi connectivity index (χ4v) is 1.20. The van der Waals surface area contributed by atoms with Crippen LogP contribution < -0.4 is 5.14 Å². The Labute approximate surface area is 64.7 Å². The second-order valence-corrected chi connectivity index (χ2v) is 3.17. The van der Waals surface area contributed by atoms with E-state index in [1.165, 1.54) is 0 Å². The fourth-order valence-electron chi connectivity index (χ4n) is 1.20. The first-order valence-corrected chi connectivity index (χ1v) is 3.78. The van der Waals surface area contributed by atoms with E-state index in [-0.39, 0.29) is 0 Å². The second kappa shape index (κ2) is 2.99. The largest absolute Gasteiger partial charge is 0.371 e. The monoisotopic (exact) mass is 137 g/mol. The third kappa shape index (κ3) is 1.56. The van der Waals surface area contributed by atoms with Crippen molar-refractivity contribution < 1.29 is 0 Å². The lowest BCUT2D eigenvalue weighted by Crippen LogP contribution is -2.67. The number of rotatable bonds is 0. The Morgan fingerprint density at radius 1 is 1.10 bits per heavy atom. The van der Waals surface area contributed by atoms with E-state index in [9.17, 15) is 0 Å². The Morgan fingerprint density at radius 3 is 1.80 bits per heavy atom. The van der Waals surface area contributed by atoms with Crippen LogP contribution in [0.25, 0.3) is 0 Å². The molecular weight excluding hydrogens is 123 g/mol. The Balaban J connectivity index is 2.46. The van der Waals surface area contributed by atoms with Gasteiger partial charge in [-0.1, -0.05) is 13.6 Å². The van der Waals surface area contributed by atoms with Gasteiger partial charge < -0.3 is 14.6 Å². The summed E-state index contributed by atoms with van der Waals surface area (Å²) in [5, 5.41) is 3.43. The lowest BCUT2D eigenvalue weighted by molar-refractivity contribution is 0.663. The van der Waals surface area contributed by atoms with E-state index < -0.39 is 0 Å². The number of nitrogens with zero attached hydrogens (tertiary/aromatic N) is 2. The molecule has 1 aliphatic heterocycles. The molecule has 0 radical (unpaired) electrons. The van der Waals surface area contributed by atoms with Gasteiger partial charge in [0.1, 0.15) is 0 Å². The highest BCUT2D eigenvalue weighted by Gasteiger charge is 2.29. The maximum atomic E-state index is 3.43. The molecule has 0 saturated carbocycles. The van der Waals surface area contributed by atoms with Crippen molar-refractivity contribution in [3.05, 3.63) is 0 Å². The lowest BCUT2D eigenvalue weighted by Gasteiger charge is -2.37. The highest BCUT2D eigenvalue weighted by molar-refractivity contribution is 6.80. The molecular formula is C4H14B3N3. The van der Waals surface area contributed by atoms with Crippen molar-refractivity contribution in [1.82, 2.24) is 14.6 Å². The molecule has 0 aromatic rings. The van der Waals surface area contributed by atoms with E-state index in [0.717, 1.165) is 7.55 Å². The summed E-state index contributed by atoms with van der Waals surface area (Å²) >= 11 is 0. The summed E-state index contributed by atoms with van der Waals surface area (Å²) in [6.45, 7) is 5.38. The molecule has 10 heavy (non-hydrogen) atoms. The van der Waals surface area contributed by atoms with Gasteiger partial charge in [0.05, 0.1) is 0 Å². The standard InChI is InChI=1S/C4H14B3N3/c1-6-8-7(2)10(4)5-9(6)3/h5,8H,1-4H3. The van der Waals surface area contributed by atoms with Crippen molar-refractivity contribution in [2.45, 2.75) is 13.6 Å². The van der Waals surface area contributed by atoms with Crippen molar-refractivity contribution in [3.8, 4) is 0 Å². The first-order chi connectivity index (χ1) is 4.61. The maximum Gasteiger partial charge on any atom is 0.283 e. The van der Waals surface area contributed by atoms with Crippen LogP contribution in [0.4, 0.5) is 0 Å². The van der Waals surface area contributed by atoms with Gasteiger partial charge in [0, 0.05) is 0 Å². The normalized spacial score (nSPS) is 23.2. The second-order valence-electron chi connectivity index (χ2n) is 3.17. The molecule has 3 nitrogen and oxygen atoms in total. The summed E-state index contributed by atoms with van der Waals surface area (Å²) in [7, 11) is 5.30. The zero-order chi connectivity index (χ0) is 7.72. The fraction of sp³-hybridized carbons (Fsp3) is 1.00. The number of nitrogens with one attached hydrogen (secondary N) is 1. The summed E-state index contributed by atoms with van der Waals surface area (Å²) in [5.74, 6) is 0. The van der Waals surface area contributed by atoms with Gasteiger partial charge in [-0.25, -0.2) is 0 Å². The van der Waals surface area contributed by atoms with Gasteiger partial charge in [-0.15, -0.1) is 0 Å². The van der Waals surface area contributed by atoms with Gasteiger partial charge in [0.2, 0.25) is 0 Å². The van der Waals surface area contributed by atoms with E-state index in [4.69, 9.17) is 0 Å². The van der Waals surface area contributed by atoms with Crippen LogP contribution in [0.3, 0.4) is 0 Å². The Bertz CT molecular complexity index is 96.3. The molecule has 1 N–H and O–H groups in total. The predicted octanol–water partition coefficient (Wildman–Crippen LogP) is -1.04. The quantitative estimate of drug-likeness (QED) is 0.429. The van der Waals surface area contributed by atoms with Crippen LogP contribution in [-0.4, -0.2) is 45.1 Å². The minimum Gasteiger partial charge on any atom is -0.371 e. The molecule has 0 atom stereocenters. The molecule has 0 amide bonds. The van der Waals surface area contributed by atoms with Gasteiger partial charge in [-0.2, -0.15) is 0 Å². The van der Waals surface area contributed by atoms with Crippen molar-refractivity contribution in [2.75, 3.05) is 14.1 Å². The van der Waals surface area contributed by atoms with Crippen LogP contribution >= 0.6 is 0 Å². The topological polar surface area (TPSA) is 18.5 Å². The van der Waals surface area contributed by atoms with E-state index in [2.05, 4.69) is 42.3 Å². The zero-order valence-corrected chi connectivity index (χ0v) is 7.26.